The quantitative estimate of drug-likeness (QED) is 0.549. The molecule has 2 fully saturated rings. The van der Waals surface area contributed by atoms with Crippen LogP contribution in [0.5, 0.6) is 0 Å². The van der Waals surface area contributed by atoms with Crippen LogP contribution < -0.4 is 0 Å². The summed E-state index contributed by atoms with van der Waals surface area (Å²) < 4.78 is 5.93. The fourth-order valence-electron chi connectivity index (χ4n) is 2.74. The van der Waals surface area contributed by atoms with E-state index in [4.69, 9.17) is 4.74 Å². The Morgan fingerprint density at radius 3 is 2.83 bits per heavy atom. The molecule has 0 bridgehead atoms. The van der Waals surface area contributed by atoms with Gasteiger partial charge in [-0.15, -0.1) is 0 Å². The largest absolute Gasteiger partial charge is 0.359 e. The van der Waals surface area contributed by atoms with Crippen LogP contribution >= 0.6 is 0 Å². The highest BCUT2D eigenvalue weighted by molar-refractivity contribution is 4.91. The van der Waals surface area contributed by atoms with Crippen molar-refractivity contribution in [1.29, 1.82) is 0 Å². The van der Waals surface area contributed by atoms with Gasteiger partial charge in [0.15, 0.2) is 0 Å². The first-order chi connectivity index (χ1) is 5.76. The zero-order valence-electron chi connectivity index (χ0n) is 8.18. The number of ether oxygens (including phenoxy) is 1. The summed E-state index contributed by atoms with van der Waals surface area (Å²) in [5.41, 5.74) is 0.123. The summed E-state index contributed by atoms with van der Waals surface area (Å²) in [6.07, 6.45) is 5.31. The molecule has 1 saturated carbocycles. The summed E-state index contributed by atoms with van der Waals surface area (Å²) in [6.45, 7) is 4.38. The molecule has 1 saturated heterocycles. The molecular formula is C10H19NO. The molecule has 0 N–H and O–H groups in total. The normalized spacial score (nSPS) is 44.0. The lowest BCUT2D eigenvalue weighted by molar-refractivity contribution is -0.133. The average molecular weight is 169 g/mol. The fourth-order valence-corrected chi connectivity index (χ4v) is 2.74. The van der Waals surface area contributed by atoms with Crippen molar-refractivity contribution in [3.05, 3.63) is 0 Å². The third-order valence-corrected chi connectivity index (χ3v) is 3.62. The van der Waals surface area contributed by atoms with E-state index in [-0.39, 0.29) is 5.72 Å². The molecule has 2 atom stereocenters. The molecule has 70 valence electrons. The van der Waals surface area contributed by atoms with Gasteiger partial charge in [0.25, 0.3) is 0 Å². The maximum absolute atomic E-state index is 5.93. The van der Waals surface area contributed by atoms with Crippen LogP contribution in [0, 0.1) is 5.92 Å². The molecule has 1 heterocycles. The Bertz CT molecular complexity index is 171. The van der Waals surface area contributed by atoms with Crippen molar-refractivity contribution in [1.82, 2.24) is 4.90 Å². The van der Waals surface area contributed by atoms with Gasteiger partial charge in [0.2, 0.25) is 0 Å². The third kappa shape index (κ3) is 1.09. The van der Waals surface area contributed by atoms with Crippen molar-refractivity contribution in [3.63, 3.8) is 0 Å². The molecule has 0 aromatic heterocycles. The zero-order valence-corrected chi connectivity index (χ0v) is 8.18. The molecule has 0 amide bonds. The Hall–Kier alpha value is -0.0800. The van der Waals surface area contributed by atoms with Gasteiger partial charge >= 0.3 is 0 Å². The van der Waals surface area contributed by atoms with Gasteiger partial charge in [0, 0.05) is 6.54 Å². The SMILES string of the molecule is C[C@@H]1CCCC[C@@]12OCCN2C. The van der Waals surface area contributed by atoms with Crippen molar-refractivity contribution in [2.75, 3.05) is 20.2 Å². The van der Waals surface area contributed by atoms with Crippen molar-refractivity contribution >= 4 is 0 Å². The monoisotopic (exact) mass is 169 g/mol. The van der Waals surface area contributed by atoms with E-state index in [0.29, 0.717) is 0 Å². The Morgan fingerprint density at radius 1 is 1.42 bits per heavy atom. The van der Waals surface area contributed by atoms with E-state index >= 15 is 0 Å². The lowest BCUT2D eigenvalue weighted by atomic mass is 9.82. The van der Waals surface area contributed by atoms with Crippen LogP contribution in [-0.4, -0.2) is 30.8 Å². The maximum atomic E-state index is 5.93. The lowest BCUT2D eigenvalue weighted by Gasteiger charge is -2.43. The predicted molar refractivity (Wildman–Crippen MR) is 48.9 cm³/mol. The molecule has 2 aliphatic rings. The molecule has 0 unspecified atom stereocenters. The maximum Gasteiger partial charge on any atom is 0.124 e. The second-order valence-electron chi connectivity index (χ2n) is 4.26. The van der Waals surface area contributed by atoms with Crippen LogP contribution in [0.4, 0.5) is 0 Å². The van der Waals surface area contributed by atoms with E-state index < -0.39 is 0 Å². The number of hydrogen-bond donors (Lipinski definition) is 0. The minimum Gasteiger partial charge on any atom is -0.359 e. The minimum atomic E-state index is 0.123. The fraction of sp³-hybridized carbons (Fsp3) is 1.00. The van der Waals surface area contributed by atoms with Crippen molar-refractivity contribution in [2.45, 2.75) is 38.3 Å². The first kappa shape index (κ1) is 8.52. The topological polar surface area (TPSA) is 12.5 Å². The molecule has 1 spiro atoms. The van der Waals surface area contributed by atoms with Crippen molar-refractivity contribution < 1.29 is 4.74 Å². The number of hydrogen-bond acceptors (Lipinski definition) is 2. The van der Waals surface area contributed by atoms with Crippen LogP contribution in [-0.2, 0) is 4.74 Å². The molecule has 2 rings (SSSR count). The van der Waals surface area contributed by atoms with Gasteiger partial charge in [-0.25, -0.2) is 0 Å². The minimum absolute atomic E-state index is 0.123. The molecular weight excluding hydrogens is 150 g/mol. The molecule has 0 aromatic carbocycles. The van der Waals surface area contributed by atoms with Crippen LogP contribution in [0.1, 0.15) is 32.6 Å². The van der Waals surface area contributed by atoms with Gasteiger partial charge < -0.3 is 4.74 Å². The van der Waals surface area contributed by atoms with Gasteiger partial charge in [0.05, 0.1) is 6.61 Å². The van der Waals surface area contributed by atoms with Crippen molar-refractivity contribution in [3.8, 4) is 0 Å². The van der Waals surface area contributed by atoms with Gasteiger partial charge in [0.1, 0.15) is 5.72 Å². The Kier molecular flexibility index (Phi) is 2.13. The molecule has 1 aliphatic carbocycles. The van der Waals surface area contributed by atoms with Crippen LogP contribution in [0.2, 0.25) is 0 Å². The highest BCUT2D eigenvalue weighted by atomic mass is 16.5. The van der Waals surface area contributed by atoms with E-state index in [1.807, 2.05) is 0 Å². The van der Waals surface area contributed by atoms with E-state index in [2.05, 4.69) is 18.9 Å². The number of rotatable bonds is 0. The molecule has 1 aliphatic heterocycles. The summed E-state index contributed by atoms with van der Waals surface area (Å²) in [5, 5.41) is 0. The molecule has 12 heavy (non-hydrogen) atoms. The van der Waals surface area contributed by atoms with Crippen molar-refractivity contribution in [2.24, 2.45) is 5.92 Å². The van der Waals surface area contributed by atoms with Gasteiger partial charge in [-0.3, -0.25) is 4.90 Å². The first-order valence-corrected chi connectivity index (χ1v) is 5.11. The average Bonchev–Trinajstić information content (AvgIpc) is 2.41. The molecule has 2 heteroatoms. The second-order valence-corrected chi connectivity index (χ2v) is 4.26. The van der Waals surface area contributed by atoms with Crippen LogP contribution in [0.3, 0.4) is 0 Å². The van der Waals surface area contributed by atoms with E-state index in [1.165, 1.54) is 25.7 Å². The van der Waals surface area contributed by atoms with Gasteiger partial charge in [-0.2, -0.15) is 0 Å². The summed E-state index contributed by atoms with van der Waals surface area (Å²) >= 11 is 0. The number of nitrogens with zero attached hydrogens (tertiary/aromatic N) is 1. The van der Waals surface area contributed by atoms with Gasteiger partial charge in [-0.05, 0) is 32.2 Å². The Morgan fingerprint density at radius 2 is 2.25 bits per heavy atom. The van der Waals surface area contributed by atoms with E-state index in [0.717, 1.165) is 19.1 Å². The number of likely N-dealkylation sites (N-methyl/N-ethyl adjacent to an activating group) is 1. The summed E-state index contributed by atoms with van der Waals surface area (Å²) in [4.78, 5) is 2.41. The highest BCUT2D eigenvalue weighted by Gasteiger charge is 2.45. The Labute approximate surface area is 74.9 Å². The highest BCUT2D eigenvalue weighted by Crippen LogP contribution is 2.40. The summed E-state index contributed by atoms with van der Waals surface area (Å²) in [6, 6.07) is 0. The predicted octanol–water partition coefficient (Wildman–Crippen LogP) is 1.85. The zero-order chi connectivity index (χ0) is 8.60. The van der Waals surface area contributed by atoms with Crippen LogP contribution in [0.15, 0.2) is 0 Å². The third-order valence-electron chi connectivity index (χ3n) is 3.62. The summed E-state index contributed by atoms with van der Waals surface area (Å²) in [5.74, 6) is 0.721. The molecule has 0 radical (unpaired) electrons. The molecule has 2 nitrogen and oxygen atoms in total. The van der Waals surface area contributed by atoms with E-state index in [9.17, 15) is 0 Å². The lowest BCUT2D eigenvalue weighted by Crippen LogP contribution is -2.49. The summed E-state index contributed by atoms with van der Waals surface area (Å²) in [7, 11) is 2.20. The van der Waals surface area contributed by atoms with Gasteiger partial charge in [-0.1, -0.05) is 13.3 Å². The standard InChI is InChI=1S/C10H19NO/c1-9-5-3-4-6-10(9)11(2)7-8-12-10/h9H,3-8H2,1-2H3/t9-,10-/m1/s1. The second kappa shape index (κ2) is 3.00. The smallest absolute Gasteiger partial charge is 0.124 e. The Balaban J connectivity index is 2.15. The molecule has 0 aromatic rings. The van der Waals surface area contributed by atoms with E-state index in [1.54, 1.807) is 0 Å². The van der Waals surface area contributed by atoms with Crippen LogP contribution in [0.25, 0.3) is 0 Å². The first-order valence-electron chi connectivity index (χ1n) is 5.11.